The first-order valence-electron chi connectivity index (χ1n) is 7.43. The zero-order chi connectivity index (χ0) is 16.9. The molecule has 0 radical (unpaired) electrons. The Balaban J connectivity index is 1.55. The minimum Gasteiger partial charge on any atom is -0.483 e. The molecule has 124 valence electrons. The number of furan rings is 1. The number of rotatable bonds is 6. The van der Waals surface area contributed by atoms with Crippen molar-refractivity contribution in [3.8, 4) is 5.75 Å². The van der Waals surface area contributed by atoms with E-state index in [1.165, 1.54) is 6.26 Å². The number of ether oxygens (including phenoxy) is 1. The van der Waals surface area contributed by atoms with Crippen LogP contribution in [-0.4, -0.2) is 24.2 Å². The summed E-state index contributed by atoms with van der Waals surface area (Å²) in [6, 6.07) is 15.0. The third-order valence-corrected chi connectivity index (χ3v) is 4.37. The lowest BCUT2D eigenvalue weighted by molar-refractivity contribution is -0.123. The first kappa shape index (κ1) is 16.5. The Labute approximate surface area is 147 Å². The molecule has 0 bridgehead atoms. The third-order valence-electron chi connectivity index (χ3n) is 3.55. The number of carbonyl (C=O) groups excluding carboxylic acids is 1. The molecule has 0 saturated heterocycles. The summed E-state index contributed by atoms with van der Waals surface area (Å²) < 4.78 is 11.4. The van der Waals surface area contributed by atoms with Crippen LogP contribution in [0.4, 0.5) is 0 Å². The second-order valence-electron chi connectivity index (χ2n) is 5.22. The van der Waals surface area contributed by atoms with Crippen LogP contribution in [0.15, 0.2) is 63.7 Å². The van der Waals surface area contributed by atoms with Crippen LogP contribution in [0, 0.1) is 0 Å². The molecule has 0 saturated carbocycles. The topological polar surface area (TPSA) is 71.7 Å². The fraction of sp³-hybridized carbons (Fsp3) is 0.167. The first-order valence-corrected chi connectivity index (χ1v) is 8.22. The first-order chi connectivity index (χ1) is 11.6. The lowest BCUT2D eigenvalue weighted by Gasteiger charge is -2.12. The molecule has 1 unspecified atom stereocenters. The van der Waals surface area contributed by atoms with Gasteiger partial charge >= 0.3 is 0 Å². The molecular weight excluding hydrogens is 374 g/mol. The Morgan fingerprint density at radius 3 is 2.83 bits per heavy atom. The van der Waals surface area contributed by atoms with Crippen molar-refractivity contribution in [1.29, 1.82) is 0 Å². The molecule has 3 aromatic rings. The van der Waals surface area contributed by atoms with Gasteiger partial charge in [-0.2, -0.15) is 0 Å². The molecule has 1 atom stereocenters. The maximum absolute atomic E-state index is 11.9. The van der Waals surface area contributed by atoms with E-state index in [1.54, 1.807) is 12.1 Å². The number of halogens is 1. The third kappa shape index (κ3) is 3.77. The SMILES string of the molecule is O=C(COc1ccc2ccccc2c1Br)NCC(O)c1ccco1. The van der Waals surface area contributed by atoms with Crippen molar-refractivity contribution in [1.82, 2.24) is 5.32 Å². The highest BCUT2D eigenvalue weighted by atomic mass is 79.9. The molecule has 0 aliphatic heterocycles. The van der Waals surface area contributed by atoms with Crippen LogP contribution in [0.5, 0.6) is 5.75 Å². The van der Waals surface area contributed by atoms with E-state index in [0.717, 1.165) is 15.2 Å². The molecule has 1 heterocycles. The zero-order valence-electron chi connectivity index (χ0n) is 12.7. The van der Waals surface area contributed by atoms with Gasteiger partial charge < -0.3 is 19.6 Å². The number of amides is 1. The maximum Gasteiger partial charge on any atom is 0.258 e. The van der Waals surface area contributed by atoms with Crippen LogP contribution in [0.3, 0.4) is 0 Å². The van der Waals surface area contributed by atoms with Crippen molar-refractivity contribution in [2.24, 2.45) is 0 Å². The van der Waals surface area contributed by atoms with Gasteiger partial charge in [0.2, 0.25) is 0 Å². The second-order valence-corrected chi connectivity index (χ2v) is 6.02. The van der Waals surface area contributed by atoms with Gasteiger partial charge in [0.15, 0.2) is 6.61 Å². The van der Waals surface area contributed by atoms with E-state index in [2.05, 4.69) is 21.2 Å². The van der Waals surface area contributed by atoms with E-state index in [0.29, 0.717) is 11.5 Å². The van der Waals surface area contributed by atoms with Crippen molar-refractivity contribution < 1.29 is 19.1 Å². The van der Waals surface area contributed by atoms with Gasteiger partial charge in [0, 0.05) is 0 Å². The summed E-state index contributed by atoms with van der Waals surface area (Å²) in [6.45, 7) is -0.0730. The second kappa shape index (κ2) is 7.51. The molecular formula is C18H16BrNO4. The van der Waals surface area contributed by atoms with Gasteiger partial charge in [0.05, 0.1) is 17.3 Å². The average molecular weight is 390 g/mol. The number of nitrogens with one attached hydrogen (secondary N) is 1. The number of aliphatic hydroxyl groups is 1. The van der Waals surface area contributed by atoms with E-state index in [-0.39, 0.29) is 19.1 Å². The number of carbonyl (C=O) groups is 1. The summed E-state index contributed by atoms with van der Waals surface area (Å²) in [7, 11) is 0. The fourth-order valence-electron chi connectivity index (χ4n) is 2.31. The van der Waals surface area contributed by atoms with E-state index in [9.17, 15) is 9.90 Å². The molecule has 2 aromatic carbocycles. The monoisotopic (exact) mass is 389 g/mol. The summed E-state index contributed by atoms with van der Waals surface area (Å²) in [5.74, 6) is 0.685. The number of hydrogen-bond donors (Lipinski definition) is 2. The summed E-state index contributed by atoms with van der Waals surface area (Å²) in [5.41, 5.74) is 0. The standard InChI is InChI=1S/C18H16BrNO4/c19-18-13-5-2-1-4-12(13)7-8-16(18)24-11-17(22)20-10-14(21)15-6-3-9-23-15/h1-9,14,21H,10-11H2,(H,20,22). The van der Waals surface area contributed by atoms with Crippen LogP contribution < -0.4 is 10.1 Å². The van der Waals surface area contributed by atoms with Crippen molar-refractivity contribution in [2.75, 3.05) is 13.2 Å². The summed E-state index contributed by atoms with van der Waals surface area (Å²) in [6.07, 6.45) is 0.595. The summed E-state index contributed by atoms with van der Waals surface area (Å²) >= 11 is 3.51. The maximum atomic E-state index is 11.9. The van der Waals surface area contributed by atoms with E-state index < -0.39 is 6.10 Å². The summed E-state index contributed by atoms with van der Waals surface area (Å²) in [5, 5.41) is 14.6. The Morgan fingerprint density at radius 2 is 2.04 bits per heavy atom. The lowest BCUT2D eigenvalue weighted by atomic mass is 10.1. The molecule has 0 aliphatic carbocycles. The van der Waals surface area contributed by atoms with Gasteiger partial charge in [-0.05, 0) is 44.9 Å². The fourth-order valence-corrected chi connectivity index (χ4v) is 2.92. The van der Waals surface area contributed by atoms with Crippen LogP contribution in [0.2, 0.25) is 0 Å². The highest BCUT2D eigenvalue weighted by Gasteiger charge is 2.13. The lowest BCUT2D eigenvalue weighted by Crippen LogP contribution is -2.32. The molecule has 3 rings (SSSR count). The predicted octanol–water partition coefficient (Wildman–Crippen LogP) is 3.42. The van der Waals surface area contributed by atoms with E-state index >= 15 is 0 Å². The van der Waals surface area contributed by atoms with Crippen LogP contribution in [0.1, 0.15) is 11.9 Å². The van der Waals surface area contributed by atoms with Crippen molar-refractivity contribution in [3.05, 3.63) is 65.0 Å². The van der Waals surface area contributed by atoms with Crippen LogP contribution in [0.25, 0.3) is 10.8 Å². The largest absolute Gasteiger partial charge is 0.483 e. The Hall–Kier alpha value is -2.31. The van der Waals surface area contributed by atoms with Gasteiger partial charge in [-0.25, -0.2) is 0 Å². The highest BCUT2D eigenvalue weighted by molar-refractivity contribution is 9.10. The van der Waals surface area contributed by atoms with E-state index in [4.69, 9.17) is 9.15 Å². The molecule has 1 aromatic heterocycles. The van der Waals surface area contributed by atoms with Crippen LogP contribution >= 0.6 is 15.9 Å². The van der Waals surface area contributed by atoms with Gasteiger partial charge in [-0.3, -0.25) is 4.79 Å². The Bertz CT molecular complexity index is 832. The van der Waals surface area contributed by atoms with Crippen molar-refractivity contribution in [2.45, 2.75) is 6.10 Å². The quantitative estimate of drug-likeness (QED) is 0.677. The van der Waals surface area contributed by atoms with Gasteiger partial charge in [0.1, 0.15) is 17.6 Å². The van der Waals surface area contributed by atoms with E-state index in [1.807, 2.05) is 36.4 Å². The van der Waals surface area contributed by atoms with Crippen LogP contribution in [-0.2, 0) is 4.79 Å². The normalized spacial score (nSPS) is 12.1. The Kier molecular flexibility index (Phi) is 5.17. The number of hydrogen-bond acceptors (Lipinski definition) is 4. The average Bonchev–Trinajstić information content (AvgIpc) is 3.14. The zero-order valence-corrected chi connectivity index (χ0v) is 14.3. The predicted molar refractivity (Wildman–Crippen MR) is 93.8 cm³/mol. The molecule has 0 fully saturated rings. The molecule has 1 amide bonds. The molecule has 0 aliphatic rings. The highest BCUT2D eigenvalue weighted by Crippen LogP contribution is 2.32. The molecule has 0 spiro atoms. The van der Waals surface area contributed by atoms with Gasteiger partial charge in [-0.1, -0.05) is 30.3 Å². The molecule has 6 heteroatoms. The van der Waals surface area contributed by atoms with Gasteiger partial charge in [-0.15, -0.1) is 0 Å². The minimum absolute atomic E-state index is 0.0641. The van der Waals surface area contributed by atoms with Crippen molar-refractivity contribution >= 4 is 32.6 Å². The number of benzene rings is 2. The molecule has 5 nitrogen and oxygen atoms in total. The summed E-state index contributed by atoms with van der Waals surface area (Å²) in [4.78, 5) is 11.9. The van der Waals surface area contributed by atoms with Crippen molar-refractivity contribution in [3.63, 3.8) is 0 Å². The number of fused-ring (bicyclic) bond motifs is 1. The smallest absolute Gasteiger partial charge is 0.258 e. The minimum atomic E-state index is -0.878. The Morgan fingerprint density at radius 1 is 1.21 bits per heavy atom. The number of aliphatic hydroxyl groups excluding tert-OH is 1. The van der Waals surface area contributed by atoms with Gasteiger partial charge in [0.25, 0.3) is 5.91 Å². The molecule has 24 heavy (non-hydrogen) atoms. The molecule has 2 N–H and O–H groups in total.